The van der Waals surface area contributed by atoms with Crippen LogP contribution in [0.15, 0.2) is 72.8 Å². The molecule has 0 saturated carbocycles. The molecule has 0 N–H and O–H groups in total. The molecule has 3 aromatic carbocycles. The summed E-state index contributed by atoms with van der Waals surface area (Å²) in [6, 6.07) is 24.6. The van der Waals surface area contributed by atoms with Crippen molar-refractivity contribution in [2.75, 3.05) is 0 Å². The number of para-hydroxylation sites is 1. The number of benzene rings is 3. The van der Waals surface area contributed by atoms with E-state index in [9.17, 15) is 0 Å². The zero-order valence-corrected chi connectivity index (χ0v) is 16.8. The van der Waals surface area contributed by atoms with Gasteiger partial charge in [0.1, 0.15) is 5.69 Å². The molecule has 0 radical (unpaired) electrons. The first-order valence-corrected chi connectivity index (χ1v) is 10.0. The summed E-state index contributed by atoms with van der Waals surface area (Å²) >= 11 is 6.02. The summed E-state index contributed by atoms with van der Waals surface area (Å²) < 4.78 is 12.0. The van der Waals surface area contributed by atoms with Gasteiger partial charge in [0.05, 0.1) is 18.7 Å². The predicted molar refractivity (Wildman–Crippen MR) is 116 cm³/mol. The summed E-state index contributed by atoms with van der Waals surface area (Å²) in [6.07, 6.45) is -0.436. The molecule has 1 aliphatic heterocycles. The summed E-state index contributed by atoms with van der Waals surface area (Å²) in [6.45, 7) is 3.08. The summed E-state index contributed by atoms with van der Waals surface area (Å²) in [7, 11) is 0. The largest absolute Gasteiger partial charge is 0.342 e. The SMILES string of the molecule is Cc1cc(COC2OCc3cc4ccccc4nc32)cc(-c2ccc(Cl)cc2)c1. The Balaban J connectivity index is 1.37. The van der Waals surface area contributed by atoms with Crippen molar-refractivity contribution >= 4 is 22.5 Å². The van der Waals surface area contributed by atoms with Crippen molar-refractivity contribution in [3.8, 4) is 11.1 Å². The average molecular weight is 402 g/mol. The van der Waals surface area contributed by atoms with Crippen LogP contribution in [0, 0.1) is 6.92 Å². The van der Waals surface area contributed by atoms with Crippen LogP contribution in [0.2, 0.25) is 5.02 Å². The lowest BCUT2D eigenvalue weighted by atomic mass is 10.0. The topological polar surface area (TPSA) is 31.4 Å². The Morgan fingerprint density at radius 1 is 1.00 bits per heavy atom. The van der Waals surface area contributed by atoms with Crippen LogP contribution >= 0.6 is 11.6 Å². The third-order valence-electron chi connectivity index (χ3n) is 5.17. The lowest BCUT2D eigenvalue weighted by molar-refractivity contribution is -0.147. The standard InChI is InChI=1S/C25H20ClNO2/c1-16-10-17(12-20(11-16)18-6-8-22(26)9-7-18)14-28-25-24-21(15-29-25)13-19-4-2-3-5-23(19)27-24/h2-13,25H,14-15H2,1H3. The molecule has 0 bridgehead atoms. The molecule has 1 atom stereocenters. The van der Waals surface area contributed by atoms with Gasteiger partial charge in [0.25, 0.3) is 0 Å². The molecule has 0 spiro atoms. The number of fused-ring (bicyclic) bond motifs is 2. The summed E-state index contributed by atoms with van der Waals surface area (Å²) in [4.78, 5) is 4.78. The number of halogens is 1. The highest BCUT2D eigenvalue weighted by Crippen LogP contribution is 2.33. The van der Waals surface area contributed by atoms with E-state index in [1.54, 1.807) is 0 Å². The van der Waals surface area contributed by atoms with Crippen LogP contribution in [0.3, 0.4) is 0 Å². The summed E-state index contributed by atoms with van der Waals surface area (Å²) in [5.41, 5.74) is 7.52. The number of nitrogens with zero attached hydrogens (tertiary/aromatic N) is 1. The molecule has 1 aliphatic rings. The Labute approximate surface area is 174 Å². The maximum absolute atomic E-state index is 6.12. The number of rotatable bonds is 4. The highest BCUT2D eigenvalue weighted by molar-refractivity contribution is 6.30. The van der Waals surface area contributed by atoms with Gasteiger partial charge in [-0.3, -0.25) is 0 Å². The van der Waals surface area contributed by atoms with Crippen molar-refractivity contribution in [1.29, 1.82) is 0 Å². The van der Waals surface area contributed by atoms with E-state index in [0.717, 1.165) is 43.9 Å². The Bertz CT molecular complexity index is 1190. The van der Waals surface area contributed by atoms with Gasteiger partial charge in [0.2, 0.25) is 6.29 Å². The van der Waals surface area contributed by atoms with Gasteiger partial charge in [-0.2, -0.15) is 0 Å². The van der Waals surface area contributed by atoms with Gasteiger partial charge in [-0.05, 0) is 53.9 Å². The van der Waals surface area contributed by atoms with Crippen molar-refractivity contribution in [2.24, 2.45) is 0 Å². The predicted octanol–water partition coefficient (Wildman–Crippen LogP) is 6.61. The van der Waals surface area contributed by atoms with Crippen LogP contribution in [-0.2, 0) is 22.7 Å². The Hall–Kier alpha value is -2.72. The van der Waals surface area contributed by atoms with Gasteiger partial charge in [-0.15, -0.1) is 0 Å². The molecule has 0 fully saturated rings. The number of aromatic nitrogens is 1. The first-order chi connectivity index (χ1) is 14.2. The molecular weight excluding hydrogens is 382 g/mol. The van der Waals surface area contributed by atoms with Gasteiger partial charge < -0.3 is 9.47 Å². The number of pyridine rings is 1. The molecule has 0 aliphatic carbocycles. The molecule has 0 amide bonds. The number of ether oxygens (including phenoxy) is 2. The van der Waals surface area contributed by atoms with Crippen LogP contribution < -0.4 is 0 Å². The first kappa shape index (κ1) is 18.3. The minimum Gasteiger partial charge on any atom is -0.342 e. The molecule has 1 aromatic heterocycles. The quantitative estimate of drug-likeness (QED) is 0.385. The van der Waals surface area contributed by atoms with E-state index in [-0.39, 0.29) is 0 Å². The van der Waals surface area contributed by atoms with Crippen molar-refractivity contribution in [2.45, 2.75) is 26.4 Å². The maximum Gasteiger partial charge on any atom is 0.202 e. The fraction of sp³-hybridized carbons (Fsp3) is 0.160. The van der Waals surface area contributed by atoms with Crippen LogP contribution in [-0.4, -0.2) is 4.98 Å². The van der Waals surface area contributed by atoms with Crippen molar-refractivity contribution in [3.63, 3.8) is 0 Å². The van der Waals surface area contributed by atoms with Gasteiger partial charge in [-0.1, -0.05) is 59.6 Å². The zero-order valence-electron chi connectivity index (χ0n) is 16.1. The van der Waals surface area contributed by atoms with Gasteiger partial charge in [-0.25, -0.2) is 4.98 Å². The average Bonchev–Trinajstić information content (AvgIpc) is 3.12. The maximum atomic E-state index is 6.12. The second-order valence-corrected chi connectivity index (χ2v) is 7.83. The zero-order chi connectivity index (χ0) is 19.8. The number of aryl methyl sites for hydroxylation is 1. The summed E-state index contributed by atoms with van der Waals surface area (Å²) in [5, 5.41) is 1.86. The lowest BCUT2D eigenvalue weighted by Gasteiger charge is -2.14. The molecule has 3 nitrogen and oxygen atoms in total. The monoisotopic (exact) mass is 401 g/mol. The van der Waals surface area contributed by atoms with Crippen LogP contribution in [0.4, 0.5) is 0 Å². The van der Waals surface area contributed by atoms with E-state index in [2.05, 4.69) is 37.3 Å². The molecular formula is C25H20ClNO2. The Morgan fingerprint density at radius 2 is 1.83 bits per heavy atom. The molecule has 2 heterocycles. The van der Waals surface area contributed by atoms with Crippen LogP contribution in [0.5, 0.6) is 0 Å². The third kappa shape index (κ3) is 3.77. The minimum absolute atomic E-state index is 0.436. The van der Waals surface area contributed by atoms with Gasteiger partial charge in [0.15, 0.2) is 0 Å². The highest BCUT2D eigenvalue weighted by Gasteiger charge is 2.26. The fourth-order valence-electron chi connectivity index (χ4n) is 3.79. The second kappa shape index (κ2) is 7.60. The molecule has 0 saturated heterocycles. The fourth-order valence-corrected chi connectivity index (χ4v) is 3.92. The van der Waals surface area contributed by atoms with Crippen molar-refractivity contribution < 1.29 is 9.47 Å². The second-order valence-electron chi connectivity index (χ2n) is 7.39. The summed E-state index contributed by atoms with van der Waals surface area (Å²) in [5.74, 6) is 0. The van der Waals surface area contributed by atoms with Crippen molar-refractivity contribution in [3.05, 3.63) is 100 Å². The van der Waals surface area contributed by atoms with E-state index < -0.39 is 6.29 Å². The number of hydrogen-bond acceptors (Lipinski definition) is 3. The Morgan fingerprint density at radius 3 is 2.69 bits per heavy atom. The van der Waals surface area contributed by atoms with E-state index in [1.807, 2.05) is 42.5 Å². The Kier molecular flexibility index (Phi) is 4.80. The molecule has 4 aromatic rings. The van der Waals surface area contributed by atoms with Crippen molar-refractivity contribution in [1.82, 2.24) is 4.98 Å². The smallest absolute Gasteiger partial charge is 0.202 e. The third-order valence-corrected chi connectivity index (χ3v) is 5.42. The molecule has 4 heteroatoms. The molecule has 29 heavy (non-hydrogen) atoms. The van der Waals surface area contributed by atoms with E-state index in [1.165, 1.54) is 5.56 Å². The normalized spacial score (nSPS) is 15.6. The molecule has 1 unspecified atom stereocenters. The molecule has 144 valence electrons. The van der Waals surface area contributed by atoms with Gasteiger partial charge in [0, 0.05) is 16.0 Å². The lowest BCUT2D eigenvalue weighted by Crippen LogP contribution is -2.05. The van der Waals surface area contributed by atoms with Crippen LogP contribution in [0.25, 0.3) is 22.0 Å². The van der Waals surface area contributed by atoms with Gasteiger partial charge >= 0.3 is 0 Å². The van der Waals surface area contributed by atoms with E-state index in [0.29, 0.717) is 13.2 Å². The van der Waals surface area contributed by atoms with E-state index >= 15 is 0 Å². The highest BCUT2D eigenvalue weighted by atomic mass is 35.5. The molecule has 5 rings (SSSR count). The number of hydrogen-bond donors (Lipinski definition) is 0. The van der Waals surface area contributed by atoms with E-state index in [4.69, 9.17) is 26.1 Å². The minimum atomic E-state index is -0.436. The van der Waals surface area contributed by atoms with Crippen LogP contribution in [0.1, 0.15) is 28.7 Å². The first-order valence-electron chi connectivity index (χ1n) is 9.64.